The van der Waals surface area contributed by atoms with E-state index in [9.17, 15) is 14.4 Å². The Morgan fingerprint density at radius 3 is 2.38 bits per heavy atom. The van der Waals surface area contributed by atoms with Gasteiger partial charge in [0, 0.05) is 28.3 Å². The van der Waals surface area contributed by atoms with Gasteiger partial charge in [0.1, 0.15) is 12.1 Å². The van der Waals surface area contributed by atoms with Gasteiger partial charge < -0.3 is 14.7 Å². The van der Waals surface area contributed by atoms with Crippen molar-refractivity contribution in [3.05, 3.63) is 94.2 Å². The van der Waals surface area contributed by atoms with Gasteiger partial charge in [0.2, 0.25) is 0 Å². The lowest BCUT2D eigenvalue weighted by Gasteiger charge is -2.35. The number of anilines is 1. The number of benzene rings is 2. The molecule has 2 aliphatic rings. The summed E-state index contributed by atoms with van der Waals surface area (Å²) < 4.78 is 6.10. The van der Waals surface area contributed by atoms with Gasteiger partial charge in [-0.25, -0.2) is 14.6 Å². The van der Waals surface area contributed by atoms with Crippen molar-refractivity contribution in [1.29, 1.82) is 0 Å². The molecule has 5 rings (SSSR count). The summed E-state index contributed by atoms with van der Waals surface area (Å²) >= 11 is 3.39. The molecule has 0 aliphatic carbocycles. The van der Waals surface area contributed by atoms with Crippen LogP contribution < -0.4 is 5.32 Å². The standard InChI is InChI=1S/C26H22BrN5O5/c27-18-8-4-17(5-9-18)24(33)32-23(21-3-1-2-12-28-21)13-22(30-32)16-6-10-19(11-7-16)29-25(34)37-20-14-31(15-20)26(35)36/h1-12,20,23H,13-15H2,(H,29,34)(H,35,36). The van der Waals surface area contributed by atoms with E-state index in [0.717, 1.165) is 26.3 Å². The minimum atomic E-state index is -1.03. The zero-order valence-corrected chi connectivity index (χ0v) is 21.0. The van der Waals surface area contributed by atoms with Gasteiger partial charge in [-0.05, 0) is 54.1 Å². The number of amides is 3. The highest BCUT2D eigenvalue weighted by molar-refractivity contribution is 9.10. The normalized spacial score (nSPS) is 17.1. The molecule has 1 atom stereocenters. The van der Waals surface area contributed by atoms with Crippen molar-refractivity contribution in [3.63, 3.8) is 0 Å². The van der Waals surface area contributed by atoms with E-state index in [0.29, 0.717) is 17.7 Å². The first-order chi connectivity index (χ1) is 17.9. The van der Waals surface area contributed by atoms with Crippen molar-refractivity contribution in [2.45, 2.75) is 18.6 Å². The Labute approximate surface area is 220 Å². The second-order valence-electron chi connectivity index (χ2n) is 8.60. The van der Waals surface area contributed by atoms with Crippen LogP contribution in [0.5, 0.6) is 0 Å². The number of carbonyl (C=O) groups excluding carboxylic acids is 2. The Hall–Kier alpha value is -4.25. The third-order valence-electron chi connectivity index (χ3n) is 6.10. The van der Waals surface area contributed by atoms with E-state index in [1.165, 1.54) is 5.01 Å². The van der Waals surface area contributed by atoms with Crippen molar-refractivity contribution in [2.24, 2.45) is 5.10 Å². The lowest BCUT2D eigenvalue weighted by molar-refractivity contribution is -0.00000612. The molecule has 3 amide bonds. The molecule has 0 bridgehead atoms. The minimum absolute atomic E-state index is 0.161. The van der Waals surface area contributed by atoms with E-state index in [4.69, 9.17) is 9.84 Å². The molecule has 0 spiro atoms. The predicted molar refractivity (Wildman–Crippen MR) is 138 cm³/mol. The SMILES string of the molecule is O=C(Nc1ccc(C2=NN(C(=O)c3ccc(Br)cc3)C(c3ccccn3)C2)cc1)OC1CN(C(=O)O)C1. The van der Waals surface area contributed by atoms with Gasteiger partial charge in [-0.3, -0.25) is 15.1 Å². The maximum absolute atomic E-state index is 13.3. The molecule has 188 valence electrons. The Kier molecular flexibility index (Phi) is 6.87. The number of halogens is 1. The first kappa shape index (κ1) is 24.4. The van der Waals surface area contributed by atoms with Gasteiger partial charge in [-0.15, -0.1) is 0 Å². The number of aromatic nitrogens is 1. The van der Waals surface area contributed by atoms with Gasteiger partial charge >= 0.3 is 12.2 Å². The van der Waals surface area contributed by atoms with Crippen LogP contribution in [0.3, 0.4) is 0 Å². The van der Waals surface area contributed by atoms with Crippen LogP contribution in [0.2, 0.25) is 0 Å². The molecule has 10 nitrogen and oxygen atoms in total. The van der Waals surface area contributed by atoms with Crippen LogP contribution in [-0.4, -0.2) is 63.0 Å². The lowest BCUT2D eigenvalue weighted by atomic mass is 10.0. The molecule has 1 unspecified atom stereocenters. The number of ether oxygens (including phenoxy) is 1. The summed E-state index contributed by atoms with van der Waals surface area (Å²) in [7, 11) is 0. The zero-order valence-electron chi connectivity index (χ0n) is 19.5. The van der Waals surface area contributed by atoms with E-state index < -0.39 is 18.3 Å². The van der Waals surface area contributed by atoms with Crippen LogP contribution in [-0.2, 0) is 4.74 Å². The van der Waals surface area contributed by atoms with E-state index >= 15 is 0 Å². The molecule has 3 heterocycles. The number of pyridine rings is 1. The summed E-state index contributed by atoms with van der Waals surface area (Å²) in [5.41, 5.74) is 3.31. The highest BCUT2D eigenvalue weighted by Crippen LogP contribution is 2.33. The number of rotatable bonds is 5. The van der Waals surface area contributed by atoms with Crippen LogP contribution in [0.25, 0.3) is 0 Å². The predicted octanol–water partition coefficient (Wildman–Crippen LogP) is 4.75. The topological polar surface area (TPSA) is 124 Å². The second-order valence-corrected chi connectivity index (χ2v) is 9.51. The van der Waals surface area contributed by atoms with E-state index in [1.807, 2.05) is 42.5 Å². The van der Waals surface area contributed by atoms with Crippen molar-refractivity contribution < 1.29 is 24.2 Å². The van der Waals surface area contributed by atoms with Gasteiger partial charge in [0.25, 0.3) is 5.91 Å². The number of carboxylic acid groups (broad SMARTS) is 1. The van der Waals surface area contributed by atoms with Crippen molar-refractivity contribution in [2.75, 3.05) is 18.4 Å². The molecule has 0 radical (unpaired) electrons. The monoisotopic (exact) mass is 563 g/mol. The molecule has 2 aromatic carbocycles. The molecule has 1 aromatic heterocycles. The quantitative estimate of drug-likeness (QED) is 0.461. The molecule has 1 saturated heterocycles. The van der Waals surface area contributed by atoms with Gasteiger partial charge in [-0.1, -0.05) is 34.1 Å². The molecule has 37 heavy (non-hydrogen) atoms. The Bertz CT molecular complexity index is 1340. The largest absolute Gasteiger partial charge is 0.465 e. The van der Waals surface area contributed by atoms with Crippen LogP contribution in [0.4, 0.5) is 15.3 Å². The van der Waals surface area contributed by atoms with Gasteiger partial charge in [0.15, 0.2) is 0 Å². The number of hydrogen-bond donors (Lipinski definition) is 2. The van der Waals surface area contributed by atoms with E-state index in [-0.39, 0.29) is 25.0 Å². The minimum Gasteiger partial charge on any atom is -0.465 e. The maximum Gasteiger partial charge on any atom is 0.412 e. The highest BCUT2D eigenvalue weighted by atomic mass is 79.9. The summed E-state index contributed by atoms with van der Waals surface area (Å²) in [6.07, 6.45) is 0.0323. The number of hydrazone groups is 1. The van der Waals surface area contributed by atoms with Crippen molar-refractivity contribution >= 4 is 45.4 Å². The zero-order chi connectivity index (χ0) is 25.9. The first-order valence-corrected chi connectivity index (χ1v) is 12.3. The number of carbonyl (C=O) groups is 3. The Balaban J connectivity index is 1.29. The van der Waals surface area contributed by atoms with E-state index in [2.05, 4.69) is 31.3 Å². The fourth-order valence-electron chi connectivity index (χ4n) is 4.11. The number of hydrogen-bond acceptors (Lipinski definition) is 6. The molecule has 3 aromatic rings. The molecule has 2 N–H and O–H groups in total. The Morgan fingerprint density at radius 1 is 1.00 bits per heavy atom. The number of likely N-dealkylation sites (tertiary alicyclic amines) is 1. The van der Waals surface area contributed by atoms with Gasteiger partial charge in [0.05, 0.1) is 24.5 Å². The van der Waals surface area contributed by atoms with Crippen LogP contribution in [0.1, 0.15) is 34.1 Å². The van der Waals surface area contributed by atoms with Crippen molar-refractivity contribution in [1.82, 2.24) is 14.9 Å². The molecule has 0 saturated carbocycles. The fraction of sp³-hybridized carbons (Fsp3) is 0.192. The van der Waals surface area contributed by atoms with Crippen LogP contribution in [0, 0.1) is 0 Å². The third-order valence-corrected chi connectivity index (χ3v) is 6.62. The lowest BCUT2D eigenvalue weighted by Crippen LogP contribution is -2.55. The number of nitrogens with zero attached hydrogens (tertiary/aromatic N) is 4. The summed E-state index contributed by atoms with van der Waals surface area (Å²) in [5, 5.41) is 17.7. The molecule has 2 aliphatic heterocycles. The van der Waals surface area contributed by atoms with Crippen molar-refractivity contribution in [3.8, 4) is 0 Å². The summed E-state index contributed by atoms with van der Waals surface area (Å²) in [6.45, 7) is 0.322. The van der Waals surface area contributed by atoms with Crippen LogP contribution >= 0.6 is 15.9 Å². The Morgan fingerprint density at radius 2 is 1.73 bits per heavy atom. The fourth-order valence-corrected chi connectivity index (χ4v) is 4.38. The third kappa shape index (κ3) is 5.46. The second kappa shape index (κ2) is 10.4. The van der Waals surface area contributed by atoms with Crippen LogP contribution in [0.15, 0.2) is 82.5 Å². The molecular weight excluding hydrogens is 542 g/mol. The highest BCUT2D eigenvalue weighted by Gasteiger charge is 2.35. The number of nitrogens with one attached hydrogen (secondary N) is 1. The molecule has 11 heteroatoms. The molecule has 1 fully saturated rings. The smallest absolute Gasteiger partial charge is 0.412 e. The average Bonchev–Trinajstić information content (AvgIpc) is 3.32. The average molecular weight is 564 g/mol. The van der Waals surface area contributed by atoms with E-state index in [1.54, 1.807) is 30.5 Å². The maximum atomic E-state index is 13.3. The summed E-state index contributed by atoms with van der Waals surface area (Å²) in [6, 6.07) is 19.4. The van der Waals surface area contributed by atoms with Gasteiger partial charge in [-0.2, -0.15) is 5.10 Å². The summed E-state index contributed by atoms with van der Waals surface area (Å²) in [5.74, 6) is -0.225. The molecular formula is C26H22BrN5O5. The first-order valence-electron chi connectivity index (χ1n) is 11.5. The summed E-state index contributed by atoms with van der Waals surface area (Å²) in [4.78, 5) is 41.9.